The minimum atomic E-state index is -4.35. The molecule has 2 aromatic carbocycles. The maximum absolute atomic E-state index is 13.5. The number of alkyl halides is 3. The third-order valence-corrected chi connectivity index (χ3v) is 6.61. The van der Waals surface area contributed by atoms with Crippen molar-refractivity contribution in [3.05, 3.63) is 60.8 Å². The van der Waals surface area contributed by atoms with E-state index in [0.29, 0.717) is 40.5 Å². The summed E-state index contributed by atoms with van der Waals surface area (Å²) in [6.45, 7) is 2.16. The molecular weight excluding hydrogens is 497 g/mol. The molecule has 1 atom stereocenters. The Labute approximate surface area is 215 Å². The monoisotopic (exact) mass is 520 g/mol. The number of nitrogens with zero attached hydrogens (tertiary/aromatic N) is 7. The first-order chi connectivity index (χ1) is 18.3. The SMILES string of the molecule is Cc1cc(Nc2ncnc3cnc(N4CCC[C@@H]4C(F)(F)F)nc23)ccc1Oc1ccc2c(c1)ncn2C. The van der Waals surface area contributed by atoms with Gasteiger partial charge in [-0.2, -0.15) is 13.2 Å². The van der Waals surface area contributed by atoms with E-state index in [4.69, 9.17) is 4.74 Å². The van der Waals surface area contributed by atoms with Crippen LogP contribution < -0.4 is 15.0 Å². The van der Waals surface area contributed by atoms with Gasteiger partial charge in [-0.15, -0.1) is 0 Å². The molecule has 12 heteroatoms. The number of nitrogens with one attached hydrogen (secondary N) is 1. The van der Waals surface area contributed by atoms with Crippen molar-refractivity contribution in [2.75, 3.05) is 16.8 Å². The van der Waals surface area contributed by atoms with Crippen LogP contribution in [0.4, 0.5) is 30.6 Å². The number of benzene rings is 2. The van der Waals surface area contributed by atoms with Crippen LogP contribution in [-0.4, -0.2) is 48.2 Å². The molecule has 1 saturated heterocycles. The lowest BCUT2D eigenvalue weighted by Crippen LogP contribution is -2.42. The van der Waals surface area contributed by atoms with Gasteiger partial charge in [-0.05, 0) is 55.7 Å². The molecule has 0 saturated carbocycles. The average molecular weight is 521 g/mol. The highest BCUT2D eigenvalue weighted by atomic mass is 19.4. The number of fused-ring (bicyclic) bond motifs is 2. The van der Waals surface area contributed by atoms with E-state index < -0.39 is 12.2 Å². The van der Waals surface area contributed by atoms with Crippen LogP contribution >= 0.6 is 0 Å². The molecule has 9 nitrogen and oxygen atoms in total. The maximum Gasteiger partial charge on any atom is 0.408 e. The van der Waals surface area contributed by atoms with E-state index in [1.807, 2.05) is 54.9 Å². The van der Waals surface area contributed by atoms with Gasteiger partial charge in [0.15, 0.2) is 5.82 Å². The first-order valence-electron chi connectivity index (χ1n) is 12.0. The predicted molar refractivity (Wildman–Crippen MR) is 137 cm³/mol. The summed E-state index contributed by atoms with van der Waals surface area (Å²) in [4.78, 5) is 22.6. The Bertz CT molecular complexity index is 1650. The van der Waals surface area contributed by atoms with E-state index in [9.17, 15) is 13.2 Å². The predicted octanol–water partition coefficient (Wildman–Crippen LogP) is 5.68. The first kappa shape index (κ1) is 23.9. The summed E-state index contributed by atoms with van der Waals surface area (Å²) in [6.07, 6.45) is 0.631. The van der Waals surface area contributed by atoms with Crippen molar-refractivity contribution in [3.8, 4) is 11.5 Å². The van der Waals surface area contributed by atoms with E-state index in [0.717, 1.165) is 16.6 Å². The fourth-order valence-corrected chi connectivity index (χ4v) is 4.71. The summed E-state index contributed by atoms with van der Waals surface area (Å²) in [5, 5.41) is 3.21. The zero-order valence-electron chi connectivity index (χ0n) is 20.6. The van der Waals surface area contributed by atoms with E-state index in [1.165, 1.54) is 17.4 Å². The van der Waals surface area contributed by atoms with Gasteiger partial charge in [0.25, 0.3) is 0 Å². The normalized spacial score (nSPS) is 15.9. The van der Waals surface area contributed by atoms with Gasteiger partial charge in [-0.3, -0.25) is 0 Å². The minimum Gasteiger partial charge on any atom is -0.457 e. The van der Waals surface area contributed by atoms with Crippen LogP contribution in [0, 0.1) is 6.92 Å². The standard InChI is InChI=1S/C26H23F3N8O/c1-15-10-16(5-8-21(15)38-17-6-7-20-18(11-17)33-14-36(20)2)34-24-23-19(31-13-32-24)12-30-25(35-23)37-9-3-4-22(37)26(27,28)29/h5-8,10-14,22H,3-4,9H2,1-2H3,(H,31,32,34)/t22-/m1/s1. The van der Waals surface area contributed by atoms with Gasteiger partial charge in [-0.25, -0.2) is 24.9 Å². The van der Waals surface area contributed by atoms with E-state index >= 15 is 0 Å². The number of imidazole rings is 1. The van der Waals surface area contributed by atoms with Gasteiger partial charge in [0.2, 0.25) is 5.95 Å². The van der Waals surface area contributed by atoms with Gasteiger partial charge in [0.05, 0.1) is 23.6 Å². The number of aryl methyl sites for hydroxylation is 2. The second kappa shape index (κ2) is 9.12. The van der Waals surface area contributed by atoms with Crippen LogP contribution in [0.5, 0.6) is 11.5 Å². The molecule has 38 heavy (non-hydrogen) atoms. The number of ether oxygens (including phenoxy) is 1. The fraction of sp³-hybridized carbons (Fsp3) is 0.269. The quantitative estimate of drug-likeness (QED) is 0.316. The number of hydrogen-bond donors (Lipinski definition) is 1. The zero-order chi connectivity index (χ0) is 26.4. The molecule has 1 aliphatic heterocycles. The minimum absolute atomic E-state index is 0.0139. The fourth-order valence-electron chi connectivity index (χ4n) is 4.71. The van der Waals surface area contributed by atoms with Crippen molar-refractivity contribution in [2.24, 2.45) is 7.05 Å². The van der Waals surface area contributed by atoms with E-state index in [2.05, 4.69) is 30.2 Å². The summed E-state index contributed by atoms with van der Waals surface area (Å²) in [6, 6.07) is 9.69. The largest absolute Gasteiger partial charge is 0.457 e. The Kier molecular flexibility index (Phi) is 5.73. The van der Waals surface area contributed by atoms with Gasteiger partial charge >= 0.3 is 6.18 Å². The van der Waals surface area contributed by atoms with Crippen molar-refractivity contribution in [3.63, 3.8) is 0 Å². The summed E-state index contributed by atoms with van der Waals surface area (Å²) < 4.78 is 48.6. The van der Waals surface area contributed by atoms with Crippen molar-refractivity contribution in [1.82, 2.24) is 29.5 Å². The van der Waals surface area contributed by atoms with Crippen LogP contribution in [-0.2, 0) is 7.05 Å². The Morgan fingerprint density at radius 1 is 1.03 bits per heavy atom. The molecule has 194 valence electrons. The second-order valence-electron chi connectivity index (χ2n) is 9.23. The highest BCUT2D eigenvalue weighted by Crippen LogP contribution is 2.36. The van der Waals surface area contributed by atoms with E-state index in [1.54, 1.807) is 6.33 Å². The lowest BCUT2D eigenvalue weighted by Gasteiger charge is -2.26. The molecule has 1 N–H and O–H groups in total. The number of hydrogen-bond acceptors (Lipinski definition) is 8. The third kappa shape index (κ3) is 4.42. The third-order valence-electron chi connectivity index (χ3n) is 6.61. The lowest BCUT2D eigenvalue weighted by atomic mass is 10.2. The molecular formula is C26H23F3N8O. The molecule has 0 unspecified atom stereocenters. The Balaban J connectivity index is 1.26. The van der Waals surface area contributed by atoms with Crippen LogP contribution in [0.15, 0.2) is 55.2 Å². The van der Waals surface area contributed by atoms with Crippen LogP contribution in [0.3, 0.4) is 0 Å². The zero-order valence-corrected chi connectivity index (χ0v) is 20.6. The van der Waals surface area contributed by atoms with E-state index in [-0.39, 0.29) is 18.9 Å². The molecule has 5 aromatic rings. The highest BCUT2D eigenvalue weighted by Gasteiger charge is 2.47. The number of rotatable bonds is 5. The van der Waals surface area contributed by atoms with Crippen molar-refractivity contribution >= 4 is 39.5 Å². The molecule has 1 aliphatic rings. The Hall–Kier alpha value is -4.48. The first-order valence-corrected chi connectivity index (χ1v) is 12.0. The summed E-state index contributed by atoms with van der Waals surface area (Å²) >= 11 is 0. The molecule has 6 rings (SSSR count). The topological polar surface area (TPSA) is 93.9 Å². The smallest absolute Gasteiger partial charge is 0.408 e. The lowest BCUT2D eigenvalue weighted by molar-refractivity contribution is -0.146. The Morgan fingerprint density at radius 2 is 1.89 bits per heavy atom. The molecule has 0 amide bonds. The summed E-state index contributed by atoms with van der Waals surface area (Å²) in [5.74, 6) is 1.73. The molecule has 0 spiro atoms. The molecule has 0 radical (unpaired) electrons. The van der Waals surface area contributed by atoms with Crippen molar-refractivity contribution < 1.29 is 17.9 Å². The van der Waals surface area contributed by atoms with Gasteiger partial charge in [0.1, 0.15) is 34.9 Å². The summed E-state index contributed by atoms with van der Waals surface area (Å²) in [7, 11) is 1.94. The summed E-state index contributed by atoms with van der Waals surface area (Å²) in [5.41, 5.74) is 4.20. The number of halogens is 3. The van der Waals surface area contributed by atoms with Crippen molar-refractivity contribution in [2.45, 2.75) is 32.0 Å². The van der Waals surface area contributed by atoms with Gasteiger partial charge in [0, 0.05) is 25.3 Å². The Morgan fingerprint density at radius 3 is 2.71 bits per heavy atom. The van der Waals surface area contributed by atoms with Gasteiger partial charge < -0.3 is 19.5 Å². The molecule has 4 heterocycles. The van der Waals surface area contributed by atoms with Crippen molar-refractivity contribution in [1.29, 1.82) is 0 Å². The maximum atomic E-state index is 13.5. The van der Waals surface area contributed by atoms with Crippen LogP contribution in [0.2, 0.25) is 0 Å². The highest BCUT2D eigenvalue weighted by molar-refractivity contribution is 5.87. The second-order valence-corrected chi connectivity index (χ2v) is 9.23. The number of anilines is 3. The molecule has 3 aromatic heterocycles. The molecule has 1 fully saturated rings. The molecule has 0 aliphatic carbocycles. The van der Waals surface area contributed by atoms with Crippen LogP contribution in [0.1, 0.15) is 18.4 Å². The number of aromatic nitrogens is 6. The van der Waals surface area contributed by atoms with Crippen LogP contribution in [0.25, 0.3) is 22.1 Å². The average Bonchev–Trinajstić information content (AvgIpc) is 3.53. The molecule has 0 bridgehead atoms. The van der Waals surface area contributed by atoms with Gasteiger partial charge in [-0.1, -0.05) is 0 Å².